The van der Waals surface area contributed by atoms with Crippen molar-refractivity contribution in [3.05, 3.63) is 58.9 Å². The molecule has 1 aromatic heterocycles. The predicted molar refractivity (Wildman–Crippen MR) is 76.5 cm³/mol. The number of carbonyl (C=O) groups is 1. The third-order valence-corrected chi connectivity index (χ3v) is 2.82. The van der Waals surface area contributed by atoms with Crippen LogP contribution < -0.4 is 10.5 Å². The number of hydrogen-bond acceptors (Lipinski definition) is 3. The first kappa shape index (κ1) is 13.6. The van der Waals surface area contributed by atoms with E-state index in [1.807, 2.05) is 25.1 Å². The average molecular weight is 266 g/mol. The van der Waals surface area contributed by atoms with Gasteiger partial charge in [0.2, 0.25) is 0 Å². The number of methoxy groups -OCH3 is 1. The summed E-state index contributed by atoms with van der Waals surface area (Å²) in [6.45, 7) is 1.94. The van der Waals surface area contributed by atoms with Gasteiger partial charge in [0.1, 0.15) is 11.4 Å². The third kappa shape index (κ3) is 2.96. The van der Waals surface area contributed by atoms with Crippen molar-refractivity contribution in [2.75, 3.05) is 7.11 Å². The second kappa shape index (κ2) is 5.89. The van der Waals surface area contributed by atoms with Gasteiger partial charge in [-0.3, -0.25) is 4.79 Å². The van der Waals surface area contributed by atoms with Crippen LogP contribution in [0.25, 0.3) is 0 Å². The topological polar surface area (TPSA) is 65.2 Å². The summed E-state index contributed by atoms with van der Waals surface area (Å²) in [6.07, 6.45) is 1.58. The molecule has 0 atom stereocenters. The Hall–Kier alpha value is -2.80. The number of aryl methyl sites for hydroxylation is 1. The maximum absolute atomic E-state index is 11.3. The van der Waals surface area contributed by atoms with E-state index in [4.69, 9.17) is 10.5 Å². The maximum Gasteiger partial charge on any atom is 0.251 e. The van der Waals surface area contributed by atoms with Gasteiger partial charge in [-0.25, -0.2) is 4.98 Å². The summed E-state index contributed by atoms with van der Waals surface area (Å²) in [4.78, 5) is 15.4. The van der Waals surface area contributed by atoms with Crippen LogP contribution in [0.2, 0.25) is 0 Å². The lowest BCUT2D eigenvalue weighted by Gasteiger charge is -2.02. The number of hydrogen-bond donors (Lipinski definition) is 1. The van der Waals surface area contributed by atoms with Crippen LogP contribution >= 0.6 is 0 Å². The van der Waals surface area contributed by atoms with Crippen molar-refractivity contribution in [3.63, 3.8) is 0 Å². The van der Waals surface area contributed by atoms with E-state index >= 15 is 0 Å². The summed E-state index contributed by atoms with van der Waals surface area (Å²) in [5.41, 5.74) is 7.85. The minimum absolute atomic E-state index is 0.325. The molecule has 0 fully saturated rings. The Balaban J connectivity index is 2.39. The number of primary amides is 1. The summed E-state index contributed by atoms with van der Waals surface area (Å²) in [5.74, 6) is 6.13. The van der Waals surface area contributed by atoms with Crippen molar-refractivity contribution >= 4 is 5.91 Å². The molecule has 2 N–H and O–H groups in total. The van der Waals surface area contributed by atoms with Crippen LogP contribution in [0.5, 0.6) is 5.75 Å². The van der Waals surface area contributed by atoms with E-state index in [2.05, 4.69) is 16.8 Å². The fourth-order valence-electron chi connectivity index (χ4n) is 1.73. The van der Waals surface area contributed by atoms with Gasteiger partial charge >= 0.3 is 0 Å². The zero-order chi connectivity index (χ0) is 14.5. The van der Waals surface area contributed by atoms with Crippen LogP contribution in [0.15, 0.2) is 36.5 Å². The highest BCUT2D eigenvalue weighted by Gasteiger charge is 2.06. The highest BCUT2D eigenvalue weighted by atomic mass is 16.5. The minimum Gasteiger partial charge on any atom is -0.497 e. The molecule has 1 aromatic carbocycles. The average Bonchev–Trinajstić information content (AvgIpc) is 2.46. The Labute approximate surface area is 117 Å². The SMILES string of the molecule is COc1ccc(C#Cc2ncccc2C(N)=O)c(C)c1. The summed E-state index contributed by atoms with van der Waals surface area (Å²) in [5, 5.41) is 0. The molecule has 0 aliphatic carbocycles. The van der Waals surface area contributed by atoms with Crippen molar-refractivity contribution in [1.29, 1.82) is 0 Å². The Kier molecular flexibility index (Phi) is 4.02. The van der Waals surface area contributed by atoms with Gasteiger partial charge in [-0.15, -0.1) is 0 Å². The van der Waals surface area contributed by atoms with Crippen LogP contribution in [0.3, 0.4) is 0 Å². The van der Waals surface area contributed by atoms with E-state index in [0.29, 0.717) is 11.3 Å². The first-order valence-corrected chi connectivity index (χ1v) is 6.03. The molecule has 100 valence electrons. The fourth-order valence-corrected chi connectivity index (χ4v) is 1.73. The molecule has 4 nitrogen and oxygen atoms in total. The molecular weight excluding hydrogens is 252 g/mol. The fraction of sp³-hybridized carbons (Fsp3) is 0.125. The lowest BCUT2D eigenvalue weighted by atomic mass is 10.1. The van der Waals surface area contributed by atoms with Crippen molar-refractivity contribution in [2.45, 2.75) is 6.92 Å². The number of ether oxygens (including phenoxy) is 1. The summed E-state index contributed by atoms with van der Waals surface area (Å²) in [7, 11) is 1.62. The molecule has 1 heterocycles. The number of rotatable bonds is 2. The number of aromatic nitrogens is 1. The van der Waals surface area contributed by atoms with E-state index < -0.39 is 5.91 Å². The van der Waals surface area contributed by atoms with Gasteiger partial charge in [0.15, 0.2) is 0 Å². The second-order valence-corrected chi connectivity index (χ2v) is 4.19. The van der Waals surface area contributed by atoms with Crippen LogP contribution in [0.1, 0.15) is 27.2 Å². The van der Waals surface area contributed by atoms with Gasteiger partial charge in [0.05, 0.1) is 12.7 Å². The van der Waals surface area contributed by atoms with Crippen molar-refractivity contribution in [2.24, 2.45) is 5.73 Å². The van der Waals surface area contributed by atoms with Crippen molar-refractivity contribution < 1.29 is 9.53 Å². The molecule has 0 saturated heterocycles. The minimum atomic E-state index is -0.533. The van der Waals surface area contributed by atoms with Gasteiger partial charge in [-0.05, 0) is 48.7 Å². The van der Waals surface area contributed by atoms with Crippen molar-refractivity contribution in [3.8, 4) is 17.6 Å². The number of carbonyl (C=O) groups excluding carboxylic acids is 1. The second-order valence-electron chi connectivity index (χ2n) is 4.19. The van der Waals surface area contributed by atoms with Crippen LogP contribution in [0.4, 0.5) is 0 Å². The van der Waals surface area contributed by atoms with E-state index in [-0.39, 0.29) is 0 Å². The summed E-state index contributed by atoms with van der Waals surface area (Å²) < 4.78 is 5.14. The highest BCUT2D eigenvalue weighted by molar-refractivity contribution is 5.94. The normalized spacial score (nSPS) is 9.50. The van der Waals surface area contributed by atoms with Crippen LogP contribution in [0, 0.1) is 18.8 Å². The lowest BCUT2D eigenvalue weighted by molar-refractivity contribution is 0.0999. The Morgan fingerprint density at radius 3 is 2.75 bits per heavy atom. The molecule has 0 bridgehead atoms. The zero-order valence-corrected chi connectivity index (χ0v) is 11.3. The highest BCUT2D eigenvalue weighted by Crippen LogP contribution is 2.16. The van der Waals surface area contributed by atoms with E-state index in [1.165, 1.54) is 0 Å². The smallest absolute Gasteiger partial charge is 0.251 e. The summed E-state index contributed by atoms with van der Waals surface area (Å²) >= 11 is 0. The Morgan fingerprint density at radius 2 is 2.10 bits per heavy atom. The van der Waals surface area contributed by atoms with E-state index in [0.717, 1.165) is 16.9 Å². The summed E-state index contributed by atoms with van der Waals surface area (Å²) in [6, 6.07) is 8.88. The first-order chi connectivity index (χ1) is 9.61. The van der Waals surface area contributed by atoms with Gasteiger partial charge < -0.3 is 10.5 Å². The molecule has 0 saturated carbocycles. The molecule has 0 aliphatic rings. The maximum atomic E-state index is 11.3. The molecular formula is C16H14N2O2. The molecule has 1 amide bonds. The van der Waals surface area contributed by atoms with E-state index in [9.17, 15) is 4.79 Å². The first-order valence-electron chi connectivity index (χ1n) is 6.03. The van der Waals surface area contributed by atoms with Gasteiger partial charge in [-0.1, -0.05) is 5.92 Å². The molecule has 0 unspecified atom stereocenters. The lowest BCUT2D eigenvalue weighted by Crippen LogP contribution is -2.13. The number of amides is 1. The van der Waals surface area contributed by atoms with Gasteiger partial charge in [0.25, 0.3) is 5.91 Å². The van der Waals surface area contributed by atoms with E-state index in [1.54, 1.807) is 25.4 Å². The molecule has 2 rings (SSSR count). The number of nitrogens with zero attached hydrogens (tertiary/aromatic N) is 1. The Morgan fingerprint density at radius 1 is 1.30 bits per heavy atom. The number of benzene rings is 1. The monoisotopic (exact) mass is 266 g/mol. The molecule has 0 aliphatic heterocycles. The van der Waals surface area contributed by atoms with Gasteiger partial charge in [0, 0.05) is 11.8 Å². The third-order valence-electron chi connectivity index (χ3n) is 2.82. The quantitative estimate of drug-likeness (QED) is 0.844. The zero-order valence-electron chi connectivity index (χ0n) is 11.3. The van der Waals surface area contributed by atoms with Crippen LogP contribution in [-0.4, -0.2) is 18.0 Å². The van der Waals surface area contributed by atoms with Gasteiger partial charge in [-0.2, -0.15) is 0 Å². The van der Waals surface area contributed by atoms with Crippen LogP contribution in [-0.2, 0) is 0 Å². The number of nitrogens with two attached hydrogens (primary N) is 1. The standard InChI is InChI=1S/C16H14N2O2/c1-11-10-13(20-2)7-5-12(11)6-8-15-14(16(17)19)4-3-9-18-15/h3-5,7,9-10H,1-2H3,(H2,17,19). The molecule has 20 heavy (non-hydrogen) atoms. The predicted octanol–water partition coefficient (Wildman–Crippen LogP) is 1.90. The number of pyridine rings is 1. The Bertz CT molecular complexity index is 712. The largest absolute Gasteiger partial charge is 0.497 e. The van der Waals surface area contributed by atoms with Crippen molar-refractivity contribution in [1.82, 2.24) is 4.98 Å². The molecule has 4 heteroatoms. The molecule has 0 spiro atoms. The molecule has 0 radical (unpaired) electrons. The molecule has 2 aromatic rings.